The molecule has 3 rings (SSSR count). The van der Waals surface area contributed by atoms with Crippen molar-refractivity contribution in [3.63, 3.8) is 0 Å². The van der Waals surface area contributed by atoms with Gasteiger partial charge >= 0.3 is 0 Å². The third-order valence-corrected chi connectivity index (χ3v) is 4.71. The molecule has 0 unspecified atom stereocenters. The average Bonchev–Trinajstić information content (AvgIpc) is 2.96. The van der Waals surface area contributed by atoms with Gasteiger partial charge in [-0.2, -0.15) is 0 Å². The predicted molar refractivity (Wildman–Crippen MR) is 85.4 cm³/mol. The third-order valence-electron chi connectivity index (χ3n) is 3.90. The van der Waals surface area contributed by atoms with Crippen LogP contribution in [-0.2, 0) is 0 Å². The number of carbonyl (C=O) groups excluding carboxylic acids is 1. The lowest BCUT2D eigenvalue weighted by Gasteiger charge is -2.32. The van der Waals surface area contributed by atoms with Crippen LogP contribution < -0.4 is 4.74 Å². The topological polar surface area (TPSA) is 55.3 Å². The lowest BCUT2D eigenvalue weighted by atomic mass is 10.1. The maximum atomic E-state index is 12.4. The van der Waals surface area contributed by atoms with Gasteiger partial charge in [-0.3, -0.25) is 4.79 Å². The second kappa shape index (κ2) is 6.44. The van der Waals surface area contributed by atoms with E-state index >= 15 is 0 Å². The molecule has 22 heavy (non-hydrogen) atoms. The van der Waals surface area contributed by atoms with Gasteiger partial charge in [0.15, 0.2) is 0 Å². The molecule has 0 N–H and O–H groups in total. The molecule has 5 nitrogen and oxygen atoms in total. The Balaban J connectivity index is 1.55. The molecule has 1 aliphatic rings. The Morgan fingerprint density at radius 3 is 2.50 bits per heavy atom. The number of nitrogens with zero attached hydrogens (tertiary/aromatic N) is 3. The van der Waals surface area contributed by atoms with Crippen LogP contribution in [0.15, 0.2) is 24.3 Å². The summed E-state index contributed by atoms with van der Waals surface area (Å²) in [4.78, 5) is 14.9. The van der Waals surface area contributed by atoms with Gasteiger partial charge in [-0.25, -0.2) is 0 Å². The monoisotopic (exact) mass is 317 g/mol. The van der Waals surface area contributed by atoms with Gasteiger partial charge in [0.1, 0.15) is 16.7 Å². The molecule has 1 aromatic carbocycles. The standard InChI is InChI=1S/C16H19N3O2S/c1-11-3-5-13(6-4-11)21-14-7-9-19(10-8-14)16(20)15-12(2)17-18-22-15/h3-6,14H,7-10H2,1-2H3. The van der Waals surface area contributed by atoms with E-state index in [0.29, 0.717) is 23.7 Å². The molecule has 1 aliphatic heterocycles. The van der Waals surface area contributed by atoms with E-state index in [2.05, 4.69) is 16.5 Å². The first-order valence-corrected chi connectivity index (χ1v) is 8.22. The molecule has 0 aliphatic carbocycles. The number of rotatable bonds is 3. The molecule has 0 spiro atoms. The zero-order valence-corrected chi connectivity index (χ0v) is 13.6. The van der Waals surface area contributed by atoms with Crippen molar-refractivity contribution in [2.24, 2.45) is 0 Å². The van der Waals surface area contributed by atoms with E-state index in [4.69, 9.17) is 4.74 Å². The van der Waals surface area contributed by atoms with Crippen LogP contribution in [0.3, 0.4) is 0 Å². The summed E-state index contributed by atoms with van der Waals surface area (Å²) in [5.41, 5.74) is 1.94. The van der Waals surface area contributed by atoms with Gasteiger partial charge in [-0.15, -0.1) is 5.10 Å². The van der Waals surface area contributed by atoms with Crippen molar-refractivity contribution in [1.29, 1.82) is 0 Å². The fourth-order valence-electron chi connectivity index (χ4n) is 2.56. The molecular weight excluding hydrogens is 298 g/mol. The summed E-state index contributed by atoms with van der Waals surface area (Å²) in [5, 5.41) is 3.91. The Kier molecular flexibility index (Phi) is 4.38. The summed E-state index contributed by atoms with van der Waals surface area (Å²) < 4.78 is 9.83. The van der Waals surface area contributed by atoms with Crippen LogP contribution in [0.4, 0.5) is 0 Å². The predicted octanol–water partition coefficient (Wildman–Crippen LogP) is 2.84. The fraction of sp³-hybridized carbons (Fsp3) is 0.438. The number of ether oxygens (including phenoxy) is 1. The van der Waals surface area contributed by atoms with Gasteiger partial charge in [-0.1, -0.05) is 22.2 Å². The van der Waals surface area contributed by atoms with E-state index in [1.165, 1.54) is 17.1 Å². The maximum Gasteiger partial charge on any atom is 0.267 e. The number of hydrogen-bond acceptors (Lipinski definition) is 5. The molecule has 0 saturated carbocycles. The van der Waals surface area contributed by atoms with Gasteiger partial charge in [0.25, 0.3) is 5.91 Å². The number of hydrogen-bond donors (Lipinski definition) is 0. The first kappa shape index (κ1) is 15.0. The number of aryl methyl sites for hydroxylation is 2. The van der Waals surface area contributed by atoms with E-state index in [1.807, 2.05) is 36.1 Å². The van der Waals surface area contributed by atoms with Gasteiger partial charge in [0.2, 0.25) is 0 Å². The van der Waals surface area contributed by atoms with Crippen LogP contribution in [0.5, 0.6) is 5.75 Å². The molecule has 1 saturated heterocycles. The van der Waals surface area contributed by atoms with Crippen molar-refractivity contribution in [1.82, 2.24) is 14.5 Å². The first-order chi connectivity index (χ1) is 10.6. The quantitative estimate of drug-likeness (QED) is 0.873. The maximum absolute atomic E-state index is 12.4. The molecule has 0 radical (unpaired) electrons. The van der Waals surface area contributed by atoms with E-state index in [0.717, 1.165) is 18.6 Å². The minimum atomic E-state index is 0.0429. The largest absolute Gasteiger partial charge is 0.490 e. The van der Waals surface area contributed by atoms with Crippen LogP contribution in [0, 0.1) is 13.8 Å². The average molecular weight is 317 g/mol. The molecule has 116 valence electrons. The Morgan fingerprint density at radius 1 is 1.23 bits per heavy atom. The fourth-order valence-corrected chi connectivity index (χ4v) is 3.18. The van der Waals surface area contributed by atoms with Crippen molar-refractivity contribution in [2.45, 2.75) is 32.8 Å². The van der Waals surface area contributed by atoms with Crippen molar-refractivity contribution in [3.05, 3.63) is 40.4 Å². The number of piperidine rings is 1. The SMILES string of the molecule is Cc1ccc(OC2CCN(C(=O)c3snnc3C)CC2)cc1. The van der Waals surface area contributed by atoms with Gasteiger partial charge in [0, 0.05) is 25.9 Å². The zero-order valence-electron chi connectivity index (χ0n) is 12.8. The van der Waals surface area contributed by atoms with E-state index < -0.39 is 0 Å². The Morgan fingerprint density at radius 2 is 1.91 bits per heavy atom. The lowest BCUT2D eigenvalue weighted by Crippen LogP contribution is -2.41. The molecular formula is C16H19N3O2S. The van der Waals surface area contributed by atoms with Crippen LogP contribution >= 0.6 is 11.5 Å². The van der Waals surface area contributed by atoms with E-state index in [9.17, 15) is 4.79 Å². The molecule has 1 fully saturated rings. The molecule has 6 heteroatoms. The van der Waals surface area contributed by atoms with Crippen molar-refractivity contribution < 1.29 is 9.53 Å². The Hall–Kier alpha value is -1.95. The first-order valence-electron chi connectivity index (χ1n) is 7.45. The van der Waals surface area contributed by atoms with Crippen molar-refractivity contribution in [3.8, 4) is 5.75 Å². The molecule has 2 heterocycles. The lowest BCUT2D eigenvalue weighted by molar-refractivity contribution is 0.0599. The summed E-state index contributed by atoms with van der Waals surface area (Å²) in [6, 6.07) is 8.10. The van der Waals surface area contributed by atoms with Crippen molar-refractivity contribution in [2.75, 3.05) is 13.1 Å². The second-order valence-electron chi connectivity index (χ2n) is 5.61. The highest BCUT2D eigenvalue weighted by molar-refractivity contribution is 7.07. The molecule has 2 aromatic rings. The molecule has 1 amide bonds. The molecule has 1 aromatic heterocycles. The zero-order chi connectivity index (χ0) is 15.5. The number of likely N-dealkylation sites (tertiary alicyclic amines) is 1. The molecule has 0 atom stereocenters. The van der Waals surface area contributed by atoms with Crippen LogP contribution in [-0.4, -0.2) is 39.6 Å². The summed E-state index contributed by atoms with van der Waals surface area (Å²) in [5.74, 6) is 0.944. The number of aromatic nitrogens is 2. The molecule has 0 bridgehead atoms. The van der Waals surface area contributed by atoms with Gasteiger partial charge < -0.3 is 9.64 Å². The van der Waals surface area contributed by atoms with Gasteiger partial charge in [-0.05, 0) is 37.5 Å². The van der Waals surface area contributed by atoms with E-state index in [-0.39, 0.29) is 12.0 Å². The summed E-state index contributed by atoms with van der Waals surface area (Å²) >= 11 is 1.17. The van der Waals surface area contributed by atoms with Crippen LogP contribution in [0.1, 0.15) is 33.8 Å². The smallest absolute Gasteiger partial charge is 0.267 e. The third kappa shape index (κ3) is 3.27. The minimum Gasteiger partial charge on any atom is -0.490 e. The highest BCUT2D eigenvalue weighted by Crippen LogP contribution is 2.21. The minimum absolute atomic E-state index is 0.0429. The van der Waals surface area contributed by atoms with E-state index in [1.54, 1.807) is 0 Å². The Bertz CT molecular complexity index is 646. The number of amides is 1. The highest BCUT2D eigenvalue weighted by atomic mass is 32.1. The van der Waals surface area contributed by atoms with Crippen LogP contribution in [0.25, 0.3) is 0 Å². The Labute approximate surface area is 134 Å². The number of carbonyl (C=O) groups is 1. The number of benzene rings is 1. The van der Waals surface area contributed by atoms with Crippen molar-refractivity contribution >= 4 is 17.4 Å². The summed E-state index contributed by atoms with van der Waals surface area (Å²) in [6.45, 7) is 5.31. The summed E-state index contributed by atoms with van der Waals surface area (Å²) in [7, 11) is 0. The summed E-state index contributed by atoms with van der Waals surface area (Å²) in [6.07, 6.45) is 1.88. The van der Waals surface area contributed by atoms with Crippen LogP contribution in [0.2, 0.25) is 0 Å². The highest BCUT2D eigenvalue weighted by Gasteiger charge is 2.26. The normalized spacial score (nSPS) is 15.8. The second-order valence-corrected chi connectivity index (χ2v) is 6.36. The van der Waals surface area contributed by atoms with Gasteiger partial charge in [0.05, 0.1) is 5.69 Å².